The van der Waals surface area contributed by atoms with Crippen molar-refractivity contribution in [2.75, 3.05) is 0 Å². The van der Waals surface area contributed by atoms with Crippen LogP contribution < -0.4 is 9.84 Å². The Morgan fingerprint density at radius 1 is 1.00 bits per heavy atom. The van der Waals surface area contributed by atoms with Gasteiger partial charge in [-0.15, -0.1) is 0 Å². The molecule has 0 unspecified atom stereocenters. The SMILES string of the molecule is O=C([O-])c1cc(C(F)(F)F)cc(C2=C(c3cc(Cl)ccc3OCc3cc(F)c(F)c(F)c3)CCC2)n1. The van der Waals surface area contributed by atoms with E-state index in [0.717, 1.165) is 18.2 Å². The topological polar surface area (TPSA) is 62.2 Å². The van der Waals surface area contributed by atoms with Crippen LogP contribution in [-0.2, 0) is 12.8 Å². The highest BCUT2D eigenvalue weighted by Gasteiger charge is 2.33. The Morgan fingerprint density at radius 2 is 1.67 bits per heavy atom. The average molecular weight is 527 g/mol. The fourth-order valence-corrected chi connectivity index (χ4v) is 4.17. The molecule has 0 bridgehead atoms. The van der Waals surface area contributed by atoms with Crippen LogP contribution >= 0.6 is 11.6 Å². The van der Waals surface area contributed by atoms with Crippen molar-refractivity contribution in [1.29, 1.82) is 0 Å². The van der Waals surface area contributed by atoms with Crippen molar-refractivity contribution in [2.45, 2.75) is 32.0 Å². The van der Waals surface area contributed by atoms with Gasteiger partial charge in [0.25, 0.3) is 0 Å². The Morgan fingerprint density at radius 3 is 2.31 bits per heavy atom. The molecule has 1 aliphatic carbocycles. The van der Waals surface area contributed by atoms with E-state index in [1.165, 1.54) is 18.2 Å². The summed E-state index contributed by atoms with van der Waals surface area (Å²) in [6.45, 7) is -0.345. The number of alkyl halides is 3. The molecule has 3 aromatic rings. The van der Waals surface area contributed by atoms with Gasteiger partial charge in [0, 0.05) is 10.6 Å². The average Bonchev–Trinajstić information content (AvgIpc) is 3.30. The lowest BCUT2D eigenvalue weighted by Gasteiger charge is -2.16. The van der Waals surface area contributed by atoms with E-state index < -0.39 is 40.9 Å². The first-order valence-electron chi connectivity index (χ1n) is 10.5. The van der Waals surface area contributed by atoms with Gasteiger partial charge < -0.3 is 14.6 Å². The third-order valence-electron chi connectivity index (χ3n) is 5.59. The van der Waals surface area contributed by atoms with Crippen LogP contribution in [0.1, 0.15) is 52.1 Å². The molecule has 0 saturated carbocycles. The molecule has 0 fully saturated rings. The lowest BCUT2D eigenvalue weighted by Crippen LogP contribution is -2.25. The van der Waals surface area contributed by atoms with Crippen LogP contribution in [0.25, 0.3) is 11.1 Å². The van der Waals surface area contributed by atoms with Crippen molar-refractivity contribution in [3.8, 4) is 5.75 Å². The third kappa shape index (κ3) is 5.33. The number of aromatic carboxylic acids is 1. The van der Waals surface area contributed by atoms with E-state index in [4.69, 9.17) is 16.3 Å². The van der Waals surface area contributed by atoms with Crippen molar-refractivity contribution in [3.63, 3.8) is 0 Å². The maximum absolute atomic E-state index is 13.6. The summed E-state index contributed by atoms with van der Waals surface area (Å²) in [5.41, 5.74) is -0.923. The van der Waals surface area contributed by atoms with E-state index in [9.17, 15) is 36.2 Å². The first kappa shape index (κ1) is 25.6. The highest BCUT2D eigenvalue weighted by atomic mass is 35.5. The molecule has 188 valence electrons. The Balaban J connectivity index is 1.77. The number of pyridine rings is 1. The summed E-state index contributed by atoms with van der Waals surface area (Å²) in [5, 5.41) is 11.6. The lowest BCUT2D eigenvalue weighted by molar-refractivity contribution is -0.255. The Bertz CT molecular complexity index is 1360. The second kappa shape index (κ2) is 9.85. The van der Waals surface area contributed by atoms with E-state index in [0.29, 0.717) is 42.0 Å². The van der Waals surface area contributed by atoms with Crippen LogP contribution in [0.15, 0.2) is 42.5 Å². The summed E-state index contributed by atoms with van der Waals surface area (Å²) >= 11 is 6.15. The summed E-state index contributed by atoms with van der Waals surface area (Å²) in [6.07, 6.45) is -3.59. The smallest absolute Gasteiger partial charge is 0.416 e. The fraction of sp³-hybridized carbons (Fsp3) is 0.200. The molecule has 1 heterocycles. The number of carboxylic acid groups (broad SMARTS) is 1. The van der Waals surface area contributed by atoms with Gasteiger partial charge in [0.1, 0.15) is 12.4 Å². The van der Waals surface area contributed by atoms with E-state index in [1.807, 2.05) is 0 Å². The van der Waals surface area contributed by atoms with Crippen molar-refractivity contribution in [3.05, 3.63) is 93.0 Å². The Labute approximate surface area is 205 Å². The van der Waals surface area contributed by atoms with Crippen LogP contribution in [0.2, 0.25) is 5.02 Å². The Hall–Kier alpha value is -3.53. The number of allylic oxidation sites excluding steroid dienone is 2. The maximum atomic E-state index is 13.6. The van der Waals surface area contributed by atoms with Gasteiger partial charge in [0.05, 0.1) is 22.9 Å². The van der Waals surface area contributed by atoms with Crippen molar-refractivity contribution in [1.82, 2.24) is 4.98 Å². The van der Waals surface area contributed by atoms with Crippen LogP contribution in [-0.4, -0.2) is 11.0 Å². The van der Waals surface area contributed by atoms with Gasteiger partial charge >= 0.3 is 6.18 Å². The normalized spacial score (nSPS) is 13.9. The monoisotopic (exact) mass is 526 g/mol. The van der Waals surface area contributed by atoms with Gasteiger partial charge in [-0.25, -0.2) is 18.2 Å². The second-order valence-electron chi connectivity index (χ2n) is 8.02. The van der Waals surface area contributed by atoms with Gasteiger partial charge in [-0.2, -0.15) is 13.2 Å². The van der Waals surface area contributed by atoms with Crippen LogP contribution in [0.3, 0.4) is 0 Å². The number of benzene rings is 2. The molecule has 0 aliphatic heterocycles. The van der Waals surface area contributed by atoms with Crippen LogP contribution in [0.4, 0.5) is 26.3 Å². The Kier molecular flexibility index (Phi) is 6.99. The predicted octanol–water partition coefficient (Wildman–Crippen LogP) is 6.21. The number of ether oxygens (including phenoxy) is 1. The van der Waals surface area contributed by atoms with Crippen molar-refractivity contribution >= 4 is 28.7 Å². The summed E-state index contributed by atoms with van der Waals surface area (Å²) in [5.74, 6) is -6.04. The lowest BCUT2D eigenvalue weighted by atomic mass is 9.98. The largest absolute Gasteiger partial charge is 0.543 e. The minimum absolute atomic E-state index is 0.00562. The molecule has 1 aliphatic rings. The predicted molar refractivity (Wildman–Crippen MR) is 116 cm³/mol. The summed E-state index contributed by atoms with van der Waals surface area (Å²) < 4.78 is 86.3. The highest BCUT2D eigenvalue weighted by molar-refractivity contribution is 6.30. The number of nitrogens with zero attached hydrogens (tertiary/aromatic N) is 1. The van der Waals surface area contributed by atoms with E-state index in [1.54, 1.807) is 0 Å². The number of rotatable bonds is 6. The molecule has 0 atom stereocenters. The maximum Gasteiger partial charge on any atom is 0.416 e. The second-order valence-corrected chi connectivity index (χ2v) is 8.46. The number of hydrogen-bond acceptors (Lipinski definition) is 4. The highest BCUT2D eigenvalue weighted by Crippen LogP contribution is 2.44. The van der Waals surface area contributed by atoms with Crippen LogP contribution in [0.5, 0.6) is 5.75 Å². The van der Waals surface area contributed by atoms with Crippen LogP contribution in [0, 0.1) is 17.5 Å². The number of aromatic nitrogens is 1. The standard InChI is InChI=1S/C25H16ClF6NO3/c26-14-4-5-22(36-11-12-6-18(27)23(29)19(28)7-12)17(10-14)15-2-1-3-16(15)20-8-13(25(30,31)32)9-21(33-20)24(34)35/h4-10H,1-3,11H2,(H,34,35)/p-1. The van der Waals surface area contributed by atoms with E-state index in [-0.39, 0.29) is 28.6 Å². The first-order chi connectivity index (χ1) is 16.9. The molecule has 0 radical (unpaired) electrons. The molecule has 0 spiro atoms. The van der Waals surface area contributed by atoms with E-state index >= 15 is 0 Å². The number of carbonyl (C=O) groups excluding carboxylic acids is 1. The number of halogens is 7. The molecule has 4 rings (SSSR count). The minimum atomic E-state index is -4.81. The number of carboxylic acids is 1. The third-order valence-corrected chi connectivity index (χ3v) is 5.83. The molecule has 0 amide bonds. The molecule has 11 heteroatoms. The van der Waals surface area contributed by atoms with Gasteiger partial charge in [-0.1, -0.05) is 11.6 Å². The zero-order chi connectivity index (χ0) is 26.2. The van der Waals surface area contributed by atoms with Gasteiger partial charge in [-0.05, 0) is 78.4 Å². The molecule has 2 aromatic carbocycles. The zero-order valence-corrected chi connectivity index (χ0v) is 18.9. The molecule has 4 nitrogen and oxygen atoms in total. The zero-order valence-electron chi connectivity index (χ0n) is 18.2. The van der Waals surface area contributed by atoms with Crippen molar-refractivity contribution in [2.24, 2.45) is 0 Å². The minimum Gasteiger partial charge on any atom is -0.543 e. The quantitative estimate of drug-likeness (QED) is 0.283. The molecule has 0 saturated heterocycles. The number of carbonyl (C=O) groups is 1. The van der Waals surface area contributed by atoms with Crippen molar-refractivity contribution < 1.29 is 41.0 Å². The molecular formula is C25H15ClF6NO3-. The number of hydrogen-bond donors (Lipinski definition) is 0. The van der Waals surface area contributed by atoms with Gasteiger partial charge in [-0.3, -0.25) is 0 Å². The molecule has 1 aromatic heterocycles. The molecular weight excluding hydrogens is 512 g/mol. The molecule has 36 heavy (non-hydrogen) atoms. The van der Waals surface area contributed by atoms with Gasteiger partial charge in [0.2, 0.25) is 0 Å². The first-order valence-corrected chi connectivity index (χ1v) is 10.9. The summed E-state index contributed by atoms with van der Waals surface area (Å²) in [7, 11) is 0. The fourth-order valence-electron chi connectivity index (χ4n) is 3.99. The molecule has 0 N–H and O–H groups in total. The van der Waals surface area contributed by atoms with Gasteiger partial charge in [0.15, 0.2) is 17.5 Å². The van der Waals surface area contributed by atoms with E-state index in [2.05, 4.69) is 4.98 Å². The summed E-state index contributed by atoms with van der Waals surface area (Å²) in [4.78, 5) is 15.2. The summed E-state index contributed by atoms with van der Waals surface area (Å²) in [6, 6.07) is 7.20.